The minimum absolute atomic E-state index is 0.0370. The summed E-state index contributed by atoms with van der Waals surface area (Å²) in [4.78, 5) is 11.7. The van der Waals surface area contributed by atoms with Gasteiger partial charge in [0.25, 0.3) is 5.91 Å². The van der Waals surface area contributed by atoms with Crippen LogP contribution in [0.25, 0.3) is 0 Å². The highest BCUT2D eigenvalue weighted by molar-refractivity contribution is 5.97. The van der Waals surface area contributed by atoms with Gasteiger partial charge in [-0.2, -0.15) is 5.10 Å². The minimum atomic E-state index is -0.392. The topological polar surface area (TPSA) is 61.7 Å². The van der Waals surface area contributed by atoms with Gasteiger partial charge < -0.3 is 5.11 Å². The van der Waals surface area contributed by atoms with Crippen molar-refractivity contribution in [2.75, 3.05) is 0 Å². The maximum absolute atomic E-state index is 11.7. The van der Waals surface area contributed by atoms with Crippen LogP contribution in [0.5, 0.6) is 5.75 Å². The molecule has 1 rings (SSSR count). The molecule has 0 bridgehead atoms. The highest BCUT2D eigenvalue weighted by Crippen LogP contribution is 2.14. The average Bonchev–Trinajstić information content (AvgIpc) is 2.34. The first-order valence-electron chi connectivity index (χ1n) is 6.12. The van der Waals surface area contributed by atoms with E-state index < -0.39 is 5.91 Å². The second kappa shape index (κ2) is 6.79. The number of carbonyl (C=O) groups excluding carboxylic acids is 1. The zero-order valence-electron chi connectivity index (χ0n) is 11.1. The Morgan fingerprint density at radius 2 is 2.06 bits per heavy atom. The number of para-hydroxylation sites is 1. The van der Waals surface area contributed by atoms with Gasteiger partial charge in [0.05, 0.1) is 5.56 Å². The summed E-state index contributed by atoms with van der Waals surface area (Å²) in [6.07, 6.45) is 1.90. The number of nitrogens with one attached hydrogen (secondary N) is 1. The number of aromatic hydroxyl groups is 1. The summed E-state index contributed by atoms with van der Waals surface area (Å²) in [5.41, 5.74) is 3.57. The Morgan fingerprint density at radius 3 is 2.67 bits per heavy atom. The summed E-state index contributed by atoms with van der Waals surface area (Å²) in [7, 11) is 0. The molecule has 1 aromatic carbocycles. The van der Waals surface area contributed by atoms with E-state index in [1.54, 1.807) is 18.2 Å². The van der Waals surface area contributed by atoms with Crippen LogP contribution in [0.4, 0.5) is 0 Å². The quantitative estimate of drug-likeness (QED) is 0.621. The fourth-order valence-corrected chi connectivity index (χ4v) is 1.43. The molecule has 0 aromatic heterocycles. The molecule has 98 valence electrons. The first-order valence-corrected chi connectivity index (χ1v) is 6.12. The highest BCUT2D eigenvalue weighted by Gasteiger charge is 2.08. The highest BCUT2D eigenvalue weighted by atomic mass is 16.3. The Morgan fingerprint density at radius 1 is 1.39 bits per heavy atom. The van der Waals surface area contributed by atoms with Crippen molar-refractivity contribution in [2.45, 2.75) is 33.6 Å². The van der Waals surface area contributed by atoms with Crippen LogP contribution in [0.2, 0.25) is 0 Å². The molecular formula is C14H20N2O2. The second-order valence-corrected chi connectivity index (χ2v) is 4.74. The van der Waals surface area contributed by atoms with Crippen LogP contribution in [-0.4, -0.2) is 16.7 Å². The van der Waals surface area contributed by atoms with Crippen LogP contribution in [-0.2, 0) is 0 Å². The Kier molecular flexibility index (Phi) is 5.36. The number of phenolic OH excluding ortho intramolecular Hbond substituents is 1. The Balaban J connectivity index is 2.56. The number of carbonyl (C=O) groups is 1. The van der Waals surface area contributed by atoms with Gasteiger partial charge in [0.2, 0.25) is 0 Å². The molecule has 4 nitrogen and oxygen atoms in total. The van der Waals surface area contributed by atoms with E-state index in [0.29, 0.717) is 5.92 Å². The maximum atomic E-state index is 11.7. The first kappa shape index (κ1) is 14.2. The molecule has 0 saturated heterocycles. The molecule has 0 atom stereocenters. The van der Waals surface area contributed by atoms with Gasteiger partial charge in [0, 0.05) is 5.71 Å². The lowest BCUT2D eigenvalue weighted by atomic mass is 10.1. The normalized spacial score (nSPS) is 11.7. The van der Waals surface area contributed by atoms with Crippen molar-refractivity contribution in [2.24, 2.45) is 11.0 Å². The first-order chi connectivity index (χ1) is 8.50. The standard InChI is InChI=1S/C14H20N2O2/c1-10(2)8-9-11(3)15-16-14(18)12-6-4-5-7-13(12)17/h4-7,10,17H,8-9H2,1-3H3,(H,16,18)/b15-11-. The number of hydrogen-bond acceptors (Lipinski definition) is 3. The molecular weight excluding hydrogens is 228 g/mol. The largest absolute Gasteiger partial charge is 0.507 e. The van der Waals surface area contributed by atoms with Gasteiger partial charge in [-0.15, -0.1) is 0 Å². The molecule has 0 fully saturated rings. The van der Waals surface area contributed by atoms with E-state index in [1.807, 2.05) is 6.92 Å². The third kappa shape index (κ3) is 4.57. The van der Waals surface area contributed by atoms with Crippen LogP contribution in [0.1, 0.15) is 44.0 Å². The van der Waals surface area contributed by atoms with Crippen molar-refractivity contribution >= 4 is 11.6 Å². The molecule has 1 amide bonds. The Hall–Kier alpha value is -1.84. The van der Waals surface area contributed by atoms with Crippen LogP contribution in [0, 0.1) is 5.92 Å². The number of benzene rings is 1. The molecule has 0 radical (unpaired) electrons. The summed E-state index contributed by atoms with van der Waals surface area (Å²) < 4.78 is 0. The van der Waals surface area contributed by atoms with Gasteiger partial charge in [-0.3, -0.25) is 4.79 Å². The fourth-order valence-electron chi connectivity index (χ4n) is 1.43. The minimum Gasteiger partial charge on any atom is -0.507 e. The predicted molar refractivity (Wildman–Crippen MR) is 72.8 cm³/mol. The molecule has 0 spiro atoms. The van der Waals surface area contributed by atoms with Crippen molar-refractivity contribution in [3.8, 4) is 5.75 Å². The third-order valence-electron chi connectivity index (χ3n) is 2.58. The van der Waals surface area contributed by atoms with E-state index >= 15 is 0 Å². The van der Waals surface area contributed by atoms with E-state index in [2.05, 4.69) is 24.4 Å². The van der Waals surface area contributed by atoms with Crippen LogP contribution >= 0.6 is 0 Å². The van der Waals surface area contributed by atoms with Gasteiger partial charge >= 0.3 is 0 Å². The van der Waals surface area contributed by atoms with Gasteiger partial charge in [0.15, 0.2) is 0 Å². The lowest BCUT2D eigenvalue weighted by Gasteiger charge is -2.05. The lowest BCUT2D eigenvalue weighted by molar-refractivity contribution is 0.0952. The van der Waals surface area contributed by atoms with E-state index in [0.717, 1.165) is 18.6 Å². The monoisotopic (exact) mass is 248 g/mol. The van der Waals surface area contributed by atoms with E-state index in [4.69, 9.17) is 0 Å². The van der Waals surface area contributed by atoms with Crippen molar-refractivity contribution < 1.29 is 9.90 Å². The van der Waals surface area contributed by atoms with Crippen LogP contribution in [0.15, 0.2) is 29.4 Å². The van der Waals surface area contributed by atoms with Crippen LogP contribution < -0.4 is 5.43 Å². The van der Waals surface area contributed by atoms with Crippen molar-refractivity contribution in [1.29, 1.82) is 0 Å². The number of hydrazone groups is 1. The fraction of sp³-hybridized carbons (Fsp3) is 0.429. The molecule has 2 N–H and O–H groups in total. The van der Waals surface area contributed by atoms with E-state index in [1.165, 1.54) is 6.07 Å². The summed E-state index contributed by atoms with van der Waals surface area (Å²) in [5.74, 6) is 0.186. The molecule has 18 heavy (non-hydrogen) atoms. The molecule has 0 aliphatic heterocycles. The maximum Gasteiger partial charge on any atom is 0.275 e. The molecule has 0 unspecified atom stereocenters. The summed E-state index contributed by atoms with van der Waals surface area (Å²) >= 11 is 0. The third-order valence-corrected chi connectivity index (χ3v) is 2.58. The average molecular weight is 248 g/mol. The predicted octanol–water partition coefficient (Wildman–Crippen LogP) is 2.93. The zero-order chi connectivity index (χ0) is 13.5. The number of amides is 1. The number of phenols is 1. The SMILES string of the molecule is C/C(CCC(C)C)=N/NC(=O)c1ccccc1O. The molecule has 0 aliphatic rings. The number of hydrogen-bond donors (Lipinski definition) is 2. The molecule has 4 heteroatoms. The molecule has 0 heterocycles. The van der Waals surface area contributed by atoms with Crippen molar-refractivity contribution in [3.63, 3.8) is 0 Å². The van der Waals surface area contributed by atoms with E-state index in [-0.39, 0.29) is 11.3 Å². The van der Waals surface area contributed by atoms with E-state index in [9.17, 15) is 9.90 Å². The second-order valence-electron chi connectivity index (χ2n) is 4.74. The number of rotatable bonds is 5. The van der Waals surface area contributed by atoms with Crippen LogP contribution in [0.3, 0.4) is 0 Å². The summed E-state index contributed by atoms with van der Waals surface area (Å²) in [6, 6.07) is 6.40. The van der Waals surface area contributed by atoms with Gasteiger partial charge in [-0.25, -0.2) is 5.43 Å². The van der Waals surface area contributed by atoms with Gasteiger partial charge in [-0.1, -0.05) is 26.0 Å². The van der Waals surface area contributed by atoms with Gasteiger partial charge in [0.1, 0.15) is 5.75 Å². The summed E-state index contributed by atoms with van der Waals surface area (Å²) in [6.45, 7) is 6.18. The zero-order valence-corrected chi connectivity index (χ0v) is 11.1. The van der Waals surface area contributed by atoms with Crippen molar-refractivity contribution in [3.05, 3.63) is 29.8 Å². The molecule has 0 aliphatic carbocycles. The summed E-state index contributed by atoms with van der Waals surface area (Å²) in [5, 5.41) is 13.5. The van der Waals surface area contributed by atoms with Crippen molar-refractivity contribution in [1.82, 2.24) is 5.43 Å². The smallest absolute Gasteiger partial charge is 0.275 e. The Labute approximate surface area is 108 Å². The lowest BCUT2D eigenvalue weighted by Crippen LogP contribution is -2.19. The van der Waals surface area contributed by atoms with Gasteiger partial charge in [-0.05, 0) is 37.8 Å². The number of nitrogens with zero attached hydrogens (tertiary/aromatic N) is 1. The molecule has 1 aromatic rings. The Bertz CT molecular complexity index is 439. The molecule has 0 saturated carbocycles.